The summed E-state index contributed by atoms with van der Waals surface area (Å²) >= 11 is 0. The van der Waals surface area contributed by atoms with Crippen LogP contribution in [0.1, 0.15) is 22.8 Å². The van der Waals surface area contributed by atoms with Crippen molar-refractivity contribution in [3.05, 3.63) is 59.9 Å². The second kappa shape index (κ2) is 7.78. The highest BCUT2D eigenvalue weighted by molar-refractivity contribution is 5.94. The van der Waals surface area contributed by atoms with E-state index in [1.807, 2.05) is 0 Å². The summed E-state index contributed by atoms with van der Waals surface area (Å²) in [6.07, 6.45) is -1.69. The molecule has 132 valence electrons. The van der Waals surface area contributed by atoms with Gasteiger partial charge in [0.25, 0.3) is 5.91 Å². The Kier molecular flexibility index (Phi) is 5.74. The molecule has 8 heteroatoms. The molecule has 0 aliphatic carbocycles. The number of rotatable bonds is 5. The molecule has 0 radical (unpaired) electrons. The number of anilines is 1. The summed E-state index contributed by atoms with van der Waals surface area (Å²) in [6, 6.07) is 7.98. The highest BCUT2D eigenvalue weighted by atomic mass is 19.4. The van der Waals surface area contributed by atoms with Gasteiger partial charge in [-0.15, -0.1) is 0 Å². The molecular formula is C17H16F3N3O2. The average molecular weight is 351 g/mol. The summed E-state index contributed by atoms with van der Waals surface area (Å²) in [5.41, 5.74) is -0.811. The van der Waals surface area contributed by atoms with E-state index in [2.05, 4.69) is 10.3 Å². The number of carbonyl (C=O) groups is 2. The van der Waals surface area contributed by atoms with E-state index >= 15 is 0 Å². The van der Waals surface area contributed by atoms with Gasteiger partial charge in [-0.3, -0.25) is 14.6 Å². The molecule has 5 nitrogen and oxygen atoms in total. The van der Waals surface area contributed by atoms with Crippen LogP contribution >= 0.6 is 0 Å². The van der Waals surface area contributed by atoms with Gasteiger partial charge in [0.2, 0.25) is 5.91 Å². The molecule has 1 aromatic carbocycles. The number of benzene rings is 1. The molecule has 0 saturated carbocycles. The molecule has 1 aromatic heterocycles. The van der Waals surface area contributed by atoms with Crippen molar-refractivity contribution < 1.29 is 22.8 Å². The predicted molar refractivity (Wildman–Crippen MR) is 86.0 cm³/mol. The molecule has 0 aliphatic rings. The van der Waals surface area contributed by atoms with Gasteiger partial charge in [-0.05, 0) is 24.3 Å². The summed E-state index contributed by atoms with van der Waals surface area (Å²) in [6.45, 7) is 1.09. The Bertz CT molecular complexity index is 748. The number of amides is 2. The molecule has 0 atom stereocenters. The molecule has 0 saturated heterocycles. The first kappa shape index (κ1) is 18.4. The summed E-state index contributed by atoms with van der Waals surface area (Å²) in [5.74, 6) is -0.965. The maximum Gasteiger partial charge on any atom is 0.418 e. The summed E-state index contributed by atoms with van der Waals surface area (Å²) < 4.78 is 39.4. The Hall–Kier alpha value is -2.90. The molecule has 0 aliphatic heterocycles. The molecule has 2 amide bonds. The van der Waals surface area contributed by atoms with Crippen molar-refractivity contribution in [3.63, 3.8) is 0 Å². The molecule has 2 aromatic rings. The Morgan fingerprint density at radius 3 is 2.48 bits per heavy atom. The molecule has 0 spiro atoms. The highest BCUT2D eigenvalue weighted by Crippen LogP contribution is 2.36. The second-order valence-electron chi connectivity index (χ2n) is 5.18. The minimum atomic E-state index is -4.58. The zero-order valence-corrected chi connectivity index (χ0v) is 13.4. The third kappa shape index (κ3) is 4.79. The van der Waals surface area contributed by atoms with E-state index in [9.17, 15) is 22.8 Å². The summed E-state index contributed by atoms with van der Waals surface area (Å²) in [4.78, 5) is 28.5. The lowest BCUT2D eigenvalue weighted by Crippen LogP contribution is -2.38. The van der Waals surface area contributed by atoms with E-state index in [-0.39, 0.29) is 18.8 Å². The van der Waals surface area contributed by atoms with Crippen molar-refractivity contribution in [1.29, 1.82) is 0 Å². The minimum Gasteiger partial charge on any atom is -0.350 e. The van der Waals surface area contributed by atoms with Crippen LogP contribution in [-0.2, 0) is 11.0 Å². The fourth-order valence-corrected chi connectivity index (χ4v) is 2.28. The number of nitrogens with zero attached hydrogens (tertiary/aromatic N) is 2. The van der Waals surface area contributed by atoms with Gasteiger partial charge in [-0.1, -0.05) is 12.1 Å². The van der Waals surface area contributed by atoms with Crippen molar-refractivity contribution in [3.8, 4) is 0 Å². The SMILES string of the molecule is CC(=O)N(CCNC(=O)c1cccnc1)c1ccccc1C(F)(F)F. The van der Waals surface area contributed by atoms with E-state index < -0.39 is 23.6 Å². The maximum absolute atomic E-state index is 13.1. The lowest BCUT2D eigenvalue weighted by atomic mass is 10.1. The number of pyridine rings is 1. The molecule has 0 unspecified atom stereocenters. The van der Waals surface area contributed by atoms with Crippen molar-refractivity contribution in [2.75, 3.05) is 18.0 Å². The van der Waals surface area contributed by atoms with Crippen molar-refractivity contribution in [2.45, 2.75) is 13.1 Å². The van der Waals surface area contributed by atoms with E-state index in [4.69, 9.17) is 0 Å². The van der Waals surface area contributed by atoms with Gasteiger partial charge in [0.1, 0.15) is 0 Å². The highest BCUT2D eigenvalue weighted by Gasteiger charge is 2.35. The lowest BCUT2D eigenvalue weighted by Gasteiger charge is -2.25. The van der Waals surface area contributed by atoms with Crippen LogP contribution in [0.2, 0.25) is 0 Å². The van der Waals surface area contributed by atoms with Crippen LogP contribution in [0.15, 0.2) is 48.8 Å². The molecule has 1 N–H and O–H groups in total. The Morgan fingerprint density at radius 1 is 1.16 bits per heavy atom. The van der Waals surface area contributed by atoms with E-state index in [1.54, 1.807) is 12.1 Å². The number of alkyl halides is 3. The number of para-hydroxylation sites is 1. The second-order valence-corrected chi connectivity index (χ2v) is 5.18. The largest absolute Gasteiger partial charge is 0.418 e. The molecular weight excluding hydrogens is 335 g/mol. The van der Waals surface area contributed by atoms with Gasteiger partial charge < -0.3 is 10.2 Å². The average Bonchev–Trinajstić information content (AvgIpc) is 2.58. The van der Waals surface area contributed by atoms with E-state index in [0.29, 0.717) is 5.56 Å². The van der Waals surface area contributed by atoms with Crippen molar-refractivity contribution in [1.82, 2.24) is 10.3 Å². The fourth-order valence-electron chi connectivity index (χ4n) is 2.28. The van der Waals surface area contributed by atoms with Crippen LogP contribution in [0.5, 0.6) is 0 Å². The third-order valence-electron chi connectivity index (χ3n) is 3.43. The molecule has 0 bridgehead atoms. The Balaban J connectivity index is 2.10. The smallest absolute Gasteiger partial charge is 0.350 e. The summed E-state index contributed by atoms with van der Waals surface area (Å²) in [7, 11) is 0. The molecule has 0 fully saturated rings. The first-order chi connectivity index (χ1) is 11.8. The standard InChI is InChI=1S/C17H16F3N3O2/c1-12(24)23(15-7-3-2-6-14(15)17(18,19)20)10-9-22-16(25)13-5-4-8-21-11-13/h2-8,11H,9-10H2,1H3,(H,22,25). The van der Waals surface area contributed by atoms with Crippen LogP contribution in [-0.4, -0.2) is 29.9 Å². The zero-order valence-electron chi connectivity index (χ0n) is 13.4. The van der Waals surface area contributed by atoms with Gasteiger partial charge in [-0.25, -0.2) is 0 Å². The predicted octanol–water partition coefficient (Wildman–Crippen LogP) is 2.88. The Morgan fingerprint density at radius 2 is 1.88 bits per heavy atom. The van der Waals surface area contributed by atoms with E-state index in [0.717, 1.165) is 11.0 Å². The quantitative estimate of drug-likeness (QED) is 0.901. The number of aromatic nitrogens is 1. The van der Waals surface area contributed by atoms with Gasteiger partial charge in [0.05, 0.1) is 16.8 Å². The van der Waals surface area contributed by atoms with Crippen molar-refractivity contribution >= 4 is 17.5 Å². The van der Waals surface area contributed by atoms with Gasteiger partial charge >= 0.3 is 6.18 Å². The van der Waals surface area contributed by atoms with Crippen LogP contribution in [0.4, 0.5) is 18.9 Å². The zero-order chi connectivity index (χ0) is 18.4. The summed E-state index contributed by atoms with van der Waals surface area (Å²) in [5, 5.41) is 2.56. The van der Waals surface area contributed by atoms with Crippen LogP contribution in [0, 0.1) is 0 Å². The maximum atomic E-state index is 13.1. The first-order valence-electron chi connectivity index (χ1n) is 7.43. The Labute approximate surface area is 142 Å². The number of nitrogens with one attached hydrogen (secondary N) is 1. The minimum absolute atomic E-state index is 0.000497. The normalized spacial score (nSPS) is 11.0. The third-order valence-corrected chi connectivity index (χ3v) is 3.43. The van der Waals surface area contributed by atoms with E-state index in [1.165, 1.54) is 37.5 Å². The number of carbonyl (C=O) groups excluding carboxylic acids is 2. The van der Waals surface area contributed by atoms with Crippen LogP contribution in [0.3, 0.4) is 0 Å². The topological polar surface area (TPSA) is 62.3 Å². The number of hydrogen-bond acceptors (Lipinski definition) is 3. The fraction of sp³-hybridized carbons (Fsp3) is 0.235. The van der Waals surface area contributed by atoms with Gasteiger partial charge in [-0.2, -0.15) is 13.2 Å². The number of halogens is 3. The van der Waals surface area contributed by atoms with Gasteiger partial charge in [0.15, 0.2) is 0 Å². The molecule has 2 rings (SSSR count). The lowest BCUT2D eigenvalue weighted by molar-refractivity contribution is -0.137. The van der Waals surface area contributed by atoms with Gasteiger partial charge in [0, 0.05) is 32.4 Å². The van der Waals surface area contributed by atoms with Crippen molar-refractivity contribution in [2.24, 2.45) is 0 Å². The molecule has 1 heterocycles. The van der Waals surface area contributed by atoms with Crippen LogP contribution in [0.25, 0.3) is 0 Å². The molecule has 25 heavy (non-hydrogen) atoms. The monoisotopic (exact) mass is 351 g/mol. The first-order valence-corrected chi connectivity index (χ1v) is 7.43. The number of hydrogen-bond donors (Lipinski definition) is 1. The van der Waals surface area contributed by atoms with Crippen LogP contribution < -0.4 is 10.2 Å².